The molecule has 0 saturated carbocycles. The molecular formula is C18H23N5O. The molecule has 2 aromatic rings. The number of carbonyl (C=O) groups excluding carboxylic acids is 1. The number of amides is 1. The second-order valence-corrected chi connectivity index (χ2v) is 6.07. The summed E-state index contributed by atoms with van der Waals surface area (Å²) in [7, 11) is 1.86. The fourth-order valence-electron chi connectivity index (χ4n) is 2.86. The van der Waals surface area contributed by atoms with Crippen LogP contribution >= 0.6 is 0 Å². The second-order valence-electron chi connectivity index (χ2n) is 6.07. The molecule has 1 aliphatic heterocycles. The number of benzene rings is 1. The molecule has 0 atom stereocenters. The molecule has 0 aliphatic carbocycles. The number of aliphatic imine (C=N–C) groups is 1. The zero-order valence-corrected chi connectivity index (χ0v) is 14.2. The molecule has 1 N–H and O–H groups in total. The lowest BCUT2D eigenvalue weighted by Gasteiger charge is -2.29. The Kier molecular flexibility index (Phi) is 4.93. The fourth-order valence-corrected chi connectivity index (χ4v) is 2.86. The molecule has 0 unspecified atom stereocenters. The van der Waals surface area contributed by atoms with E-state index < -0.39 is 0 Å². The summed E-state index contributed by atoms with van der Waals surface area (Å²) in [5.41, 5.74) is 1.53. The number of guanidine groups is 1. The molecule has 1 aromatic heterocycles. The van der Waals surface area contributed by atoms with Gasteiger partial charge in [-0.05, 0) is 38.3 Å². The Bertz CT molecular complexity index is 729. The number of aromatic nitrogens is 2. The van der Waals surface area contributed by atoms with Crippen molar-refractivity contribution in [2.75, 3.05) is 13.1 Å². The van der Waals surface area contributed by atoms with Gasteiger partial charge in [0, 0.05) is 31.8 Å². The van der Waals surface area contributed by atoms with Crippen LogP contribution in [0.2, 0.25) is 0 Å². The van der Waals surface area contributed by atoms with Crippen LogP contribution in [0, 0.1) is 6.92 Å². The monoisotopic (exact) mass is 325 g/mol. The van der Waals surface area contributed by atoms with Gasteiger partial charge in [0.1, 0.15) is 0 Å². The van der Waals surface area contributed by atoms with Crippen LogP contribution in [-0.4, -0.2) is 39.6 Å². The van der Waals surface area contributed by atoms with Gasteiger partial charge in [-0.1, -0.05) is 18.2 Å². The highest BCUT2D eigenvalue weighted by atomic mass is 16.1. The molecule has 1 amide bonds. The van der Waals surface area contributed by atoms with Crippen molar-refractivity contribution in [3.63, 3.8) is 0 Å². The molecule has 0 radical (unpaired) electrons. The summed E-state index contributed by atoms with van der Waals surface area (Å²) in [6.07, 6.45) is 3.45. The first-order valence-corrected chi connectivity index (χ1v) is 8.34. The summed E-state index contributed by atoms with van der Waals surface area (Å²) in [5.74, 6) is 1.20. The number of nitrogens with one attached hydrogen (secondary N) is 1. The highest BCUT2D eigenvalue weighted by Gasteiger charge is 2.18. The van der Waals surface area contributed by atoms with Crippen molar-refractivity contribution in [3.05, 3.63) is 47.7 Å². The van der Waals surface area contributed by atoms with E-state index >= 15 is 0 Å². The Hall–Kier alpha value is -2.63. The molecule has 6 heteroatoms. The summed E-state index contributed by atoms with van der Waals surface area (Å²) >= 11 is 0. The Morgan fingerprint density at radius 1 is 1.17 bits per heavy atom. The van der Waals surface area contributed by atoms with Gasteiger partial charge in [0.05, 0.1) is 5.69 Å². The highest BCUT2D eigenvalue weighted by molar-refractivity contribution is 6.06. The molecule has 1 fully saturated rings. The third-order valence-electron chi connectivity index (χ3n) is 4.11. The minimum atomic E-state index is -0.140. The van der Waals surface area contributed by atoms with Gasteiger partial charge >= 0.3 is 0 Å². The van der Waals surface area contributed by atoms with Crippen LogP contribution in [0.1, 0.15) is 35.3 Å². The number of rotatable bonds is 2. The van der Waals surface area contributed by atoms with Crippen LogP contribution in [-0.2, 0) is 7.05 Å². The molecule has 126 valence electrons. The van der Waals surface area contributed by atoms with Gasteiger partial charge in [-0.15, -0.1) is 0 Å². The number of hydrogen-bond acceptors (Lipinski definition) is 3. The van der Waals surface area contributed by atoms with Gasteiger partial charge in [-0.3, -0.25) is 14.8 Å². The van der Waals surface area contributed by atoms with E-state index in [1.165, 1.54) is 6.42 Å². The molecule has 1 aliphatic rings. The first-order valence-electron chi connectivity index (χ1n) is 8.34. The van der Waals surface area contributed by atoms with E-state index in [9.17, 15) is 4.79 Å². The molecular weight excluding hydrogens is 302 g/mol. The van der Waals surface area contributed by atoms with Crippen LogP contribution in [0.15, 0.2) is 41.4 Å². The molecule has 2 heterocycles. The quantitative estimate of drug-likeness (QED) is 0.682. The van der Waals surface area contributed by atoms with E-state index in [0.717, 1.165) is 37.4 Å². The van der Waals surface area contributed by atoms with Crippen LogP contribution in [0.4, 0.5) is 5.82 Å². The summed E-state index contributed by atoms with van der Waals surface area (Å²) in [4.78, 5) is 19.4. The average molecular weight is 325 g/mol. The summed E-state index contributed by atoms with van der Waals surface area (Å²) in [5, 5.41) is 7.31. The number of carbonyl (C=O) groups is 1. The van der Waals surface area contributed by atoms with Crippen LogP contribution < -0.4 is 5.32 Å². The molecule has 1 aromatic carbocycles. The standard InChI is InChI=1S/C18H23N5O/c1-14-13-16(22(2)21-14)19-18(23-11-7-4-8-12-23)20-17(24)15-9-5-3-6-10-15/h3,5-6,9-10,13H,4,7-8,11-12H2,1-2H3,(H,19,20,24). The highest BCUT2D eigenvalue weighted by Crippen LogP contribution is 2.15. The van der Waals surface area contributed by atoms with Crippen LogP contribution in [0.5, 0.6) is 0 Å². The van der Waals surface area contributed by atoms with E-state index in [1.807, 2.05) is 38.2 Å². The maximum Gasteiger partial charge on any atom is 0.257 e. The second kappa shape index (κ2) is 7.29. The lowest BCUT2D eigenvalue weighted by atomic mass is 10.1. The largest absolute Gasteiger partial charge is 0.342 e. The third-order valence-corrected chi connectivity index (χ3v) is 4.11. The maximum atomic E-state index is 12.5. The topological polar surface area (TPSA) is 62.5 Å². The minimum Gasteiger partial charge on any atom is -0.342 e. The summed E-state index contributed by atoms with van der Waals surface area (Å²) in [6.45, 7) is 3.75. The molecule has 6 nitrogen and oxygen atoms in total. The third kappa shape index (κ3) is 3.82. The molecule has 24 heavy (non-hydrogen) atoms. The zero-order chi connectivity index (χ0) is 16.9. The average Bonchev–Trinajstić information content (AvgIpc) is 2.93. The molecule has 3 rings (SSSR count). The minimum absolute atomic E-state index is 0.140. The first kappa shape index (κ1) is 16.2. The van der Waals surface area contributed by atoms with Crippen molar-refractivity contribution in [1.29, 1.82) is 0 Å². The number of nitrogens with zero attached hydrogens (tertiary/aromatic N) is 4. The number of likely N-dealkylation sites (tertiary alicyclic amines) is 1. The van der Waals surface area contributed by atoms with Gasteiger partial charge in [-0.2, -0.15) is 10.1 Å². The molecule has 1 saturated heterocycles. The lowest BCUT2D eigenvalue weighted by molar-refractivity contribution is 0.0971. The SMILES string of the molecule is Cc1cc(/N=C(\NC(=O)c2ccccc2)N2CCCCC2)n(C)n1. The number of piperidine rings is 1. The van der Waals surface area contributed by atoms with Crippen molar-refractivity contribution in [3.8, 4) is 0 Å². The number of hydrogen-bond donors (Lipinski definition) is 1. The smallest absolute Gasteiger partial charge is 0.257 e. The Morgan fingerprint density at radius 3 is 2.50 bits per heavy atom. The van der Waals surface area contributed by atoms with Gasteiger partial charge in [0.2, 0.25) is 5.96 Å². The zero-order valence-electron chi connectivity index (χ0n) is 14.2. The van der Waals surface area contributed by atoms with Crippen LogP contribution in [0.3, 0.4) is 0 Å². The van der Waals surface area contributed by atoms with Crippen molar-refractivity contribution in [2.24, 2.45) is 12.0 Å². The van der Waals surface area contributed by atoms with E-state index in [4.69, 9.17) is 0 Å². The van der Waals surface area contributed by atoms with Crippen molar-refractivity contribution >= 4 is 17.7 Å². The first-order chi connectivity index (χ1) is 11.6. The Balaban J connectivity index is 1.87. The summed E-state index contributed by atoms with van der Waals surface area (Å²) < 4.78 is 1.73. The number of aryl methyl sites for hydroxylation is 2. The predicted molar refractivity (Wildman–Crippen MR) is 94.4 cm³/mol. The van der Waals surface area contributed by atoms with Crippen LogP contribution in [0.25, 0.3) is 0 Å². The van der Waals surface area contributed by atoms with Crippen molar-refractivity contribution in [1.82, 2.24) is 20.0 Å². The maximum absolute atomic E-state index is 12.5. The van der Waals surface area contributed by atoms with Gasteiger partial charge < -0.3 is 4.90 Å². The Labute approximate surface area is 142 Å². The van der Waals surface area contributed by atoms with E-state index in [0.29, 0.717) is 11.5 Å². The molecule has 0 bridgehead atoms. The van der Waals surface area contributed by atoms with Crippen molar-refractivity contribution in [2.45, 2.75) is 26.2 Å². The van der Waals surface area contributed by atoms with Crippen molar-refractivity contribution < 1.29 is 4.79 Å². The van der Waals surface area contributed by atoms with E-state index in [1.54, 1.807) is 16.8 Å². The predicted octanol–water partition coefficient (Wildman–Crippen LogP) is 2.63. The van der Waals surface area contributed by atoms with Gasteiger partial charge in [0.15, 0.2) is 5.82 Å². The molecule has 0 spiro atoms. The van der Waals surface area contributed by atoms with Gasteiger partial charge in [-0.25, -0.2) is 0 Å². The summed E-state index contributed by atoms with van der Waals surface area (Å²) in [6, 6.07) is 11.1. The van der Waals surface area contributed by atoms with E-state index in [2.05, 4.69) is 20.3 Å². The van der Waals surface area contributed by atoms with Gasteiger partial charge in [0.25, 0.3) is 5.91 Å². The van der Waals surface area contributed by atoms with E-state index in [-0.39, 0.29) is 5.91 Å². The fraction of sp³-hybridized carbons (Fsp3) is 0.389. The Morgan fingerprint density at radius 2 is 1.88 bits per heavy atom. The lowest BCUT2D eigenvalue weighted by Crippen LogP contribution is -2.46. The normalized spacial score (nSPS) is 15.4.